The van der Waals surface area contributed by atoms with E-state index >= 15 is 0 Å². The molecule has 10 atom stereocenters. The number of phosphoric ester groups is 2. The number of hydrogen-bond acceptors (Lipinski definition) is 21. The number of nitrogen functional groups attached to an aromatic ring is 1. The van der Waals surface area contributed by atoms with Crippen LogP contribution >= 0.6 is 15.6 Å². The number of phosphoric acid groups is 2. The van der Waals surface area contributed by atoms with Gasteiger partial charge in [-0.3, -0.25) is 23.2 Å². The molecule has 1 amide bonds. The zero-order chi connectivity index (χ0) is 39.4. The van der Waals surface area contributed by atoms with Crippen LogP contribution in [0.1, 0.15) is 19.1 Å². The summed E-state index contributed by atoms with van der Waals surface area (Å²) in [5.74, 6) is -5.45. The summed E-state index contributed by atoms with van der Waals surface area (Å²) >= 11 is 0. The number of Topliss-reactive ketones (excluding diaryl/α,β-unsaturated/α-hetero) is 1. The lowest BCUT2D eigenvalue weighted by atomic mass is 10.1. The number of imidazole rings is 1. The third-order valence-corrected chi connectivity index (χ3v) is 10.0. The first-order chi connectivity index (χ1) is 24.7. The fourth-order valence-electron chi connectivity index (χ4n) is 4.89. The van der Waals surface area contributed by atoms with Crippen LogP contribution in [0.4, 0.5) is 5.82 Å². The molecule has 28 heteroatoms. The van der Waals surface area contributed by atoms with Gasteiger partial charge in [0.05, 0.1) is 26.0 Å². The van der Waals surface area contributed by atoms with E-state index in [1.807, 2.05) is 0 Å². The predicted molar refractivity (Wildman–Crippen MR) is 164 cm³/mol. The number of aliphatic carboxylic acids is 2. The van der Waals surface area contributed by atoms with Gasteiger partial charge in [-0.15, -0.1) is 0 Å². The number of carbonyl (C=O) groups excluding carboxylic acids is 3. The number of allylic oxidation sites excluding steroid dienone is 1. The highest BCUT2D eigenvalue weighted by molar-refractivity contribution is 7.61. The summed E-state index contributed by atoms with van der Waals surface area (Å²) in [6.07, 6.45) is -5.94. The van der Waals surface area contributed by atoms with E-state index in [4.69, 9.17) is 35.1 Å². The molecule has 53 heavy (non-hydrogen) atoms. The summed E-state index contributed by atoms with van der Waals surface area (Å²) in [6, 6.07) is 0. The molecule has 3 aliphatic heterocycles. The maximum Gasteiger partial charge on any atom is 0.481 e. The Morgan fingerprint density at radius 3 is 2.02 bits per heavy atom. The molecule has 26 nitrogen and oxygen atoms in total. The second-order valence-electron chi connectivity index (χ2n) is 11.1. The number of nitrogens with zero attached hydrogens (tertiary/aromatic N) is 5. The van der Waals surface area contributed by atoms with Gasteiger partial charge in [-0.25, -0.2) is 28.9 Å². The quantitative estimate of drug-likeness (QED) is 0.0491. The SMILES string of the molecule is NC(=O)C1=CN([C@@H]2O[C@H](COP(=O)(O)OP(=O)(O)OC[C@H]3O[C@@H](n4cnc5c(N)ncnc54)[C@H](O)[C@@H]3O)[C@@H](O)[C@H]2O)C=CC1.O=C([O-])CC(=O)C(=O)O. The highest BCUT2D eigenvalue weighted by Gasteiger charge is 2.48. The van der Waals surface area contributed by atoms with Gasteiger partial charge in [-0.05, 0) is 6.42 Å². The Morgan fingerprint density at radius 2 is 1.49 bits per heavy atom. The molecule has 11 N–H and O–H groups in total. The second kappa shape index (κ2) is 16.8. The molecule has 2 fully saturated rings. The number of amides is 1. The number of primary amides is 1. The predicted octanol–water partition coefficient (Wildman–Crippen LogP) is -4.91. The maximum atomic E-state index is 12.4. The Morgan fingerprint density at radius 1 is 0.925 bits per heavy atom. The smallest absolute Gasteiger partial charge is 0.481 e. The van der Waals surface area contributed by atoms with Gasteiger partial charge in [0.1, 0.15) is 48.5 Å². The summed E-state index contributed by atoms with van der Waals surface area (Å²) in [5, 5.41) is 59.0. The lowest BCUT2D eigenvalue weighted by Crippen LogP contribution is -2.40. The monoisotopic (exact) mass is 796 g/mol. The molecule has 0 aliphatic carbocycles. The summed E-state index contributed by atoms with van der Waals surface area (Å²) in [5.41, 5.74) is 11.6. The zero-order valence-corrected chi connectivity index (χ0v) is 28.4. The third kappa shape index (κ3) is 10.2. The number of fused-ring (bicyclic) bond motifs is 1. The summed E-state index contributed by atoms with van der Waals surface area (Å²) in [7, 11) is -10.7. The Hall–Kier alpha value is -4.27. The lowest BCUT2D eigenvalue weighted by Gasteiger charge is -2.28. The number of aliphatic hydroxyl groups is 4. The van der Waals surface area contributed by atoms with Crippen LogP contribution in [0.25, 0.3) is 11.2 Å². The van der Waals surface area contributed by atoms with Gasteiger partial charge in [0.15, 0.2) is 23.9 Å². The molecule has 0 spiro atoms. The van der Waals surface area contributed by atoms with E-state index in [0.29, 0.717) is 0 Å². The van der Waals surface area contributed by atoms with Crippen LogP contribution in [0.15, 0.2) is 36.7 Å². The molecule has 2 unspecified atom stereocenters. The first-order valence-electron chi connectivity index (χ1n) is 14.7. The van der Waals surface area contributed by atoms with Crippen LogP contribution in [0, 0.1) is 0 Å². The van der Waals surface area contributed by atoms with E-state index in [1.54, 1.807) is 6.08 Å². The van der Waals surface area contributed by atoms with Crippen LogP contribution in [0.5, 0.6) is 0 Å². The molecule has 0 bridgehead atoms. The molecular weight excluding hydrogens is 764 g/mol. The average Bonchev–Trinajstić information content (AvgIpc) is 3.72. The van der Waals surface area contributed by atoms with Gasteiger partial charge in [0.2, 0.25) is 11.7 Å². The molecule has 2 aromatic rings. The molecule has 2 aromatic heterocycles. The number of aliphatic hydroxyl groups excluding tert-OH is 4. The summed E-state index contributed by atoms with van der Waals surface area (Å²) in [4.78, 5) is 73.7. The topological polar surface area (TPSA) is 412 Å². The number of carbonyl (C=O) groups is 4. The van der Waals surface area contributed by atoms with Crippen LogP contribution in [-0.4, -0.2) is 139 Å². The minimum Gasteiger partial charge on any atom is -0.550 e. The highest BCUT2D eigenvalue weighted by atomic mass is 31.3. The molecule has 5 rings (SSSR count). The number of carboxylic acid groups (broad SMARTS) is 2. The number of ether oxygens (including phenoxy) is 2. The van der Waals surface area contributed by atoms with Crippen molar-refractivity contribution in [1.29, 1.82) is 0 Å². The third-order valence-electron chi connectivity index (χ3n) is 7.42. The molecule has 0 saturated carbocycles. The van der Waals surface area contributed by atoms with Gasteiger partial charge < -0.3 is 71.1 Å². The molecule has 0 aromatic carbocycles. The molecular formula is C25H32N7O19P2-. The van der Waals surface area contributed by atoms with Crippen LogP contribution in [0.2, 0.25) is 0 Å². The molecule has 2 saturated heterocycles. The van der Waals surface area contributed by atoms with Crippen molar-refractivity contribution in [3.05, 3.63) is 36.7 Å². The highest BCUT2D eigenvalue weighted by Crippen LogP contribution is 2.60. The number of ketones is 1. The van der Waals surface area contributed by atoms with Crippen molar-refractivity contribution in [1.82, 2.24) is 24.4 Å². The van der Waals surface area contributed by atoms with Gasteiger partial charge in [-0.2, -0.15) is 4.31 Å². The van der Waals surface area contributed by atoms with E-state index in [9.17, 15) is 63.6 Å². The first-order valence-corrected chi connectivity index (χ1v) is 17.7. The van der Waals surface area contributed by atoms with Gasteiger partial charge in [0, 0.05) is 23.9 Å². The van der Waals surface area contributed by atoms with Crippen molar-refractivity contribution < 1.29 is 91.6 Å². The van der Waals surface area contributed by atoms with Gasteiger partial charge in [0.25, 0.3) is 0 Å². The Kier molecular flexibility index (Phi) is 13.2. The lowest BCUT2D eigenvalue weighted by molar-refractivity contribution is -0.304. The molecule has 292 valence electrons. The first kappa shape index (κ1) is 41.5. The Bertz CT molecular complexity index is 1870. The van der Waals surface area contributed by atoms with E-state index in [2.05, 4.69) is 19.3 Å². The number of anilines is 1. The van der Waals surface area contributed by atoms with Gasteiger partial charge in [-0.1, -0.05) is 6.08 Å². The number of rotatable bonds is 14. The zero-order valence-electron chi connectivity index (χ0n) is 26.6. The molecule has 3 aliphatic rings. The van der Waals surface area contributed by atoms with Crippen molar-refractivity contribution >= 4 is 56.3 Å². The van der Waals surface area contributed by atoms with Crippen molar-refractivity contribution in [2.75, 3.05) is 18.9 Å². The van der Waals surface area contributed by atoms with E-state index in [-0.39, 0.29) is 29.0 Å². The van der Waals surface area contributed by atoms with E-state index in [0.717, 1.165) is 6.33 Å². The van der Waals surface area contributed by atoms with Crippen LogP contribution in [-0.2, 0) is 51.1 Å². The van der Waals surface area contributed by atoms with E-state index in [1.165, 1.54) is 28.2 Å². The standard InChI is InChI=1S/C21H29N7O14P2.C4H4O5/c22-17-12-19(25-7-24-17)28(8-26-12)21-16(32)14(30)11(41-21)6-39-44(36,37)42-43(34,35)38-5-10-13(29)15(31)20(40-10)27-3-1-2-9(4-27)18(23)33;5-2(4(8)9)1-3(6)7/h1,3-4,7-8,10-11,13-16,20-21,29-32H,2,5-6H2,(H2,23,33)(H,34,35)(H,36,37)(H2,22,24,25);1H2,(H,6,7)(H,8,9)/p-1/t10-,11-,13-,14-,15-,16-,20-,21-;/m1./s1. The summed E-state index contributed by atoms with van der Waals surface area (Å²) < 4.78 is 50.8. The Labute approximate surface area is 295 Å². The van der Waals surface area contributed by atoms with E-state index < -0.39 is 108 Å². The van der Waals surface area contributed by atoms with Crippen molar-refractivity contribution in [3.63, 3.8) is 0 Å². The number of nitrogens with two attached hydrogens (primary N) is 2. The number of hydrogen-bond donors (Lipinski definition) is 9. The molecule has 0 radical (unpaired) electrons. The summed E-state index contributed by atoms with van der Waals surface area (Å²) in [6.45, 7) is -1.79. The van der Waals surface area contributed by atoms with Crippen molar-refractivity contribution in [3.8, 4) is 0 Å². The Balaban J connectivity index is 0.000000618. The minimum atomic E-state index is -5.37. The average molecular weight is 797 g/mol. The fraction of sp³-hybridized carbons (Fsp3) is 0.480. The second-order valence-corrected chi connectivity index (χ2v) is 14.2. The van der Waals surface area contributed by atoms with Crippen LogP contribution in [0.3, 0.4) is 0 Å². The maximum absolute atomic E-state index is 12.4. The van der Waals surface area contributed by atoms with Crippen LogP contribution < -0.4 is 16.6 Å². The normalized spacial score (nSPS) is 29.1. The fourth-order valence-corrected chi connectivity index (χ4v) is 6.98. The van der Waals surface area contributed by atoms with Crippen molar-refractivity contribution in [2.45, 2.75) is 61.9 Å². The number of aromatic nitrogens is 4. The number of carboxylic acids is 2. The molecule has 5 heterocycles. The minimum absolute atomic E-state index is 0.0517. The van der Waals surface area contributed by atoms with Crippen molar-refractivity contribution in [2.24, 2.45) is 5.73 Å². The van der Waals surface area contributed by atoms with Gasteiger partial charge >= 0.3 is 21.6 Å². The largest absolute Gasteiger partial charge is 0.550 e.